The lowest BCUT2D eigenvalue weighted by atomic mass is 9.94. The number of benzene rings is 2. The van der Waals surface area contributed by atoms with Crippen LogP contribution in [0.2, 0.25) is 0 Å². The Kier molecular flexibility index (Phi) is 12.7. The van der Waals surface area contributed by atoms with Gasteiger partial charge in [0, 0.05) is 16.1 Å². The van der Waals surface area contributed by atoms with Crippen LogP contribution < -0.4 is 16.0 Å². The fourth-order valence-corrected chi connectivity index (χ4v) is 4.71. The van der Waals surface area contributed by atoms with Crippen LogP contribution in [-0.4, -0.2) is 94.5 Å². The number of rotatable bonds is 15. The van der Waals surface area contributed by atoms with Crippen LogP contribution >= 0.6 is 25.3 Å². The molecule has 0 spiro atoms. The zero-order valence-electron chi connectivity index (χ0n) is 23.9. The maximum Gasteiger partial charge on any atom is 0.327 e. The summed E-state index contributed by atoms with van der Waals surface area (Å²) in [6.07, 6.45) is 0.459. The second-order valence-electron chi connectivity index (χ2n) is 10.6. The van der Waals surface area contributed by atoms with Gasteiger partial charge in [0.2, 0.25) is 11.8 Å². The first-order valence-corrected chi connectivity index (χ1v) is 14.2. The van der Waals surface area contributed by atoms with Gasteiger partial charge in [0.15, 0.2) is 5.78 Å². The largest absolute Gasteiger partial charge is 0.508 e. The van der Waals surface area contributed by atoms with E-state index in [-0.39, 0.29) is 29.6 Å². The first-order chi connectivity index (χ1) is 19.2. The van der Waals surface area contributed by atoms with Crippen molar-refractivity contribution in [2.75, 3.05) is 26.9 Å². The maximum absolute atomic E-state index is 13.6. The number of Topliss-reactive ketones (excluding diaryl/α,β-unsaturated/α-hetero) is 1. The molecule has 2 aromatic carbocycles. The predicted molar refractivity (Wildman–Crippen MR) is 165 cm³/mol. The quantitative estimate of drug-likeness (QED) is 0.120. The van der Waals surface area contributed by atoms with E-state index in [1.807, 2.05) is 0 Å². The van der Waals surface area contributed by atoms with Crippen molar-refractivity contribution in [3.63, 3.8) is 0 Å². The van der Waals surface area contributed by atoms with E-state index in [0.29, 0.717) is 17.5 Å². The van der Waals surface area contributed by atoms with Crippen LogP contribution in [0.25, 0.3) is 0 Å². The van der Waals surface area contributed by atoms with Gasteiger partial charge in [-0.3, -0.25) is 19.3 Å². The number of likely N-dealkylation sites (N-methyl/N-ethyl adjacent to an activating group) is 2. The number of hydrogen-bond donors (Lipinski definition) is 7. The zero-order valence-corrected chi connectivity index (χ0v) is 25.7. The van der Waals surface area contributed by atoms with E-state index in [9.17, 15) is 29.4 Å². The summed E-state index contributed by atoms with van der Waals surface area (Å²) in [7, 11) is 5.11. The fourth-order valence-electron chi connectivity index (χ4n) is 4.28. The highest BCUT2D eigenvalue weighted by Gasteiger charge is 2.35. The number of amides is 2. The standard InChI is InChI=1S/C29H40N4O6S2/c1-29(2,41)25(28(38)39)32-26(36)21(30-3)15-18-8-6-7-9-20(18)24(35)22(16-40)31-27(37)23(33(4)5)14-17-10-12-19(34)13-11-17/h6-13,21-23,25,30,34,40-41H,14-16H2,1-5H3,(H,31,37)(H,32,36)(H,38,39)/t21-,22+,23-,25-/m0/s1. The Labute approximate surface area is 252 Å². The molecule has 0 saturated carbocycles. The van der Waals surface area contributed by atoms with Gasteiger partial charge in [-0.1, -0.05) is 36.4 Å². The normalized spacial score (nSPS) is 14.5. The number of carboxylic acids is 1. The van der Waals surface area contributed by atoms with Gasteiger partial charge >= 0.3 is 5.97 Å². The third-order valence-corrected chi connectivity index (χ3v) is 7.34. The highest BCUT2D eigenvalue weighted by atomic mass is 32.1. The number of carbonyl (C=O) groups is 4. The number of carboxylic acid groups (broad SMARTS) is 1. The van der Waals surface area contributed by atoms with Crippen LogP contribution in [-0.2, 0) is 27.2 Å². The Bertz CT molecular complexity index is 1220. The SMILES string of the molecule is CN[C@@H](Cc1ccccc1C(=O)[C@@H](CS)NC(=O)[C@H](Cc1ccc(O)cc1)N(C)C)C(=O)N[C@@H](C(=O)O)C(C)(C)S. The van der Waals surface area contributed by atoms with Crippen LogP contribution in [0, 0.1) is 0 Å². The molecule has 0 radical (unpaired) electrons. The van der Waals surface area contributed by atoms with Gasteiger partial charge in [0.05, 0.1) is 12.1 Å². The number of nitrogens with zero attached hydrogens (tertiary/aromatic N) is 1. The number of phenols is 1. The van der Waals surface area contributed by atoms with E-state index in [1.54, 1.807) is 88.4 Å². The topological polar surface area (TPSA) is 148 Å². The van der Waals surface area contributed by atoms with Gasteiger partial charge in [-0.15, -0.1) is 0 Å². The molecule has 0 saturated heterocycles. The van der Waals surface area contributed by atoms with Crippen molar-refractivity contribution in [2.24, 2.45) is 0 Å². The van der Waals surface area contributed by atoms with E-state index in [1.165, 1.54) is 0 Å². The summed E-state index contributed by atoms with van der Waals surface area (Å²) in [6.45, 7) is 3.18. The van der Waals surface area contributed by atoms with Gasteiger partial charge in [0.25, 0.3) is 0 Å². The Morgan fingerprint density at radius 3 is 2.05 bits per heavy atom. The highest BCUT2D eigenvalue weighted by molar-refractivity contribution is 7.81. The summed E-state index contributed by atoms with van der Waals surface area (Å²) in [4.78, 5) is 53.4. The lowest BCUT2D eigenvalue weighted by Crippen LogP contribution is -2.56. The number of carbonyl (C=O) groups excluding carboxylic acids is 3. The molecule has 12 heteroatoms. The lowest BCUT2D eigenvalue weighted by Gasteiger charge is -2.29. The second kappa shape index (κ2) is 15.2. The van der Waals surface area contributed by atoms with Crippen molar-refractivity contribution in [3.05, 3.63) is 65.2 Å². The number of hydrogen-bond acceptors (Lipinski definition) is 9. The summed E-state index contributed by atoms with van der Waals surface area (Å²) in [5.41, 5.74) is 1.72. The zero-order chi connectivity index (χ0) is 30.9. The summed E-state index contributed by atoms with van der Waals surface area (Å²) in [5.74, 6) is -2.30. The van der Waals surface area contributed by atoms with Crippen LogP contribution in [0.3, 0.4) is 0 Å². The van der Waals surface area contributed by atoms with Crippen LogP contribution in [0.4, 0.5) is 0 Å². The highest BCUT2D eigenvalue weighted by Crippen LogP contribution is 2.20. The molecule has 0 aliphatic carbocycles. The second-order valence-corrected chi connectivity index (χ2v) is 12.1. The van der Waals surface area contributed by atoms with Crippen molar-refractivity contribution in [3.8, 4) is 5.75 Å². The molecular formula is C29H40N4O6S2. The van der Waals surface area contributed by atoms with Crippen LogP contribution in [0.5, 0.6) is 5.75 Å². The Balaban J connectivity index is 2.23. The monoisotopic (exact) mass is 604 g/mol. The van der Waals surface area contributed by atoms with Crippen LogP contribution in [0.1, 0.15) is 35.3 Å². The van der Waals surface area contributed by atoms with Gasteiger partial charge < -0.3 is 26.2 Å². The average molecular weight is 605 g/mol. The number of aliphatic carboxylic acids is 1. The molecule has 0 aliphatic heterocycles. The molecule has 224 valence electrons. The third-order valence-electron chi connectivity index (χ3n) is 6.72. The van der Waals surface area contributed by atoms with Crippen molar-refractivity contribution in [1.82, 2.24) is 20.9 Å². The molecule has 0 heterocycles. The number of nitrogens with one attached hydrogen (secondary N) is 3. The molecule has 0 bridgehead atoms. The van der Waals surface area contributed by atoms with Crippen molar-refractivity contribution in [2.45, 2.75) is 55.6 Å². The summed E-state index contributed by atoms with van der Waals surface area (Å²) < 4.78 is -1.02. The van der Waals surface area contributed by atoms with E-state index < -0.39 is 40.8 Å². The van der Waals surface area contributed by atoms with Gasteiger partial charge in [0.1, 0.15) is 17.8 Å². The first kappa shape index (κ1) is 34.1. The smallest absolute Gasteiger partial charge is 0.327 e. The molecule has 2 amide bonds. The van der Waals surface area contributed by atoms with E-state index in [4.69, 9.17) is 0 Å². The molecule has 0 aromatic heterocycles. The van der Waals surface area contributed by atoms with E-state index in [2.05, 4.69) is 41.2 Å². The lowest BCUT2D eigenvalue weighted by molar-refractivity contribution is -0.142. The average Bonchev–Trinajstić information content (AvgIpc) is 2.91. The Morgan fingerprint density at radius 1 is 0.927 bits per heavy atom. The van der Waals surface area contributed by atoms with Crippen LogP contribution in [0.15, 0.2) is 48.5 Å². The minimum absolute atomic E-state index is 0.0471. The van der Waals surface area contributed by atoms with Crippen molar-refractivity contribution >= 4 is 48.8 Å². The van der Waals surface area contributed by atoms with Crippen molar-refractivity contribution in [1.29, 1.82) is 0 Å². The maximum atomic E-state index is 13.6. The minimum Gasteiger partial charge on any atom is -0.508 e. The number of phenolic OH excluding ortho intramolecular Hbond substituents is 1. The predicted octanol–water partition coefficient (Wildman–Crippen LogP) is 1.57. The molecule has 10 nitrogen and oxygen atoms in total. The molecule has 0 aliphatic rings. The number of ketones is 1. The molecule has 0 fully saturated rings. The third kappa shape index (κ3) is 9.77. The van der Waals surface area contributed by atoms with Gasteiger partial charge in [-0.2, -0.15) is 25.3 Å². The molecule has 2 rings (SSSR count). The van der Waals surface area contributed by atoms with Gasteiger partial charge in [-0.25, -0.2) is 4.79 Å². The molecule has 5 N–H and O–H groups in total. The molecule has 41 heavy (non-hydrogen) atoms. The molecule has 2 aromatic rings. The summed E-state index contributed by atoms with van der Waals surface area (Å²) >= 11 is 8.64. The summed E-state index contributed by atoms with van der Waals surface area (Å²) in [5, 5.41) is 27.4. The van der Waals surface area contributed by atoms with E-state index >= 15 is 0 Å². The number of thiol groups is 2. The first-order valence-electron chi connectivity index (χ1n) is 13.1. The Hall–Kier alpha value is -3.06. The van der Waals surface area contributed by atoms with Crippen molar-refractivity contribution < 1.29 is 29.4 Å². The summed E-state index contributed by atoms with van der Waals surface area (Å²) in [6, 6.07) is 9.76. The van der Waals surface area contributed by atoms with E-state index in [0.717, 1.165) is 5.56 Å². The Morgan fingerprint density at radius 2 is 1.54 bits per heavy atom. The fraction of sp³-hybridized carbons (Fsp3) is 0.448. The molecule has 4 atom stereocenters. The minimum atomic E-state index is -1.24. The van der Waals surface area contributed by atoms with Gasteiger partial charge in [-0.05, 0) is 71.1 Å². The molecule has 0 unspecified atom stereocenters. The number of aromatic hydroxyl groups is 1. The molecular weight excluding hydrogens is 564 g/mol.